The van der Waals surface area contributed by atoms with Gasteiger partial charge in [-0.3, -0.25) is 4.79 Å². The molecular weight excluding hydrogens is 321 g/mol. The highest BCUT2D eigenvalue weighted by atomic mass is 19.1. The zero-order valence-electron chi connectivity index (χ0n) is 13.6. The minimum atomic E-state index is -0.472. The molecule has 2 heterocycles. The van der Waals surface area contributed by atoms with Crippen LogP contribution >= 0.6 is 0 Å². The van der Waals surface area contributed by atoms with Crippen molar-refractivity contribution in [3.05, 3.63) is 48.1 Å². The summed E-state index contributed by atoms with van der Waals surface area (Å²) in [5.74, 6) is 0.661. The van der Waals surface area contributed by atoms with Gasteiger partial charge in [-0.05, 0) is 61.3 Å². The zero-order valence-corrected chi connectivity index (χ0v) is 13.6. The molecule has 1 aliphatic heterocycles. The van der Waals surface area contributed by atoms with Gasteiger partial charge in [-0.25, -0.2) is 9.37 Å². The molecule has 0 unspecified atom stereocenters. The van der Waals surface area contributed by atoms with Gasteiger partial charge in [0, 0.05) is 5.92 Å². The number of hydrogen-bond acceptors (Lipinski definition) is 4. The third kappa shape index (κ3) is 3.13. The third-order valence-electron chi connectivity index (χ3n) is 4.61. The maximum Gasteiger partial charge on any atom is 0.211 e. The van der Waals surface area contributed by atoms with Crippen molar-refractivity contribution in [1.82, 2.24) is 10.3 Å². The molecule has 0 radical (unpaired) electrons. The van der Waals surface area contributed by atoms with Crippen molar-refractivity contribution in [1.29, 1.82) is 0 Å². The van der Waals surface area contributed by atoms with Gasteiger partial charge < -0.3 is 15.1 Å². The number of nitrogens with zero attached hydrogens (tertiary/aromatic N) is 1. The van der Waals surface area contributed by atoms with Crippen molar-refractivity contribution in [2.45, 2.75) is 18.8 Å². The standard InChI is InChI=1S/C19H18FN3O2/c20-15-9-13(1-3-16(15)22-11-24)14-2-4-18-17(10-14)23-19(25-18)12-5-7-21-8-6-12/h1-4,9-12,21H,5-8H2,(H,22,24). The van der Waals surface area contributed by atoms with E-state index in [1.165, 1.54) is 6.07 Å². The lowest BCUT2D eigenvalue weighted by Crippen LogP contribution is -2.26. The summed E-state index contributed by atoms with van der Waals surface area (Å²) in [6, 6.07) is 10.4. The molecule has 0 saturated carbocycles. The van der Waals surface area contributed by atoms with Gasteiger partial charge in [-0.1, -0.05) is 12.1 Å². The molecular formula is C19H18FN3O2. The van der Waals surface area contributed by atoms with Crippen molar-refractivity contribution in [3.63, 3.8) is 0 Å². The Bertz CT molecular complexity index is 916. The molecule has 25 heavy (non-hydrogen) atoms. The Labute approximate surface area is 144 Å². The van der Waals surface area contributed by atoms with Gasteiger partial charge in [0.05, 0.1) is 5.69 Å². The summed E-state index contributed by atoms with van der Waals surface area (Å²) < 4.78 is 19.9. The Morgan fingerprint density at radius 1 is 1.16 bits per heavy atom. The fourth-order valence-electron chi connectivity index (χ4n) is 3.24. The van der Waals surface area contributed by atoms with E-state index in [0.29, 0.717) is 12.3 Å². The van der Waals surface area contributed by atoms with E-state index in [4.69, 9.17) is 4.42 Å². The smallest absolute Gasteiger partial charge is 0.211 e. The summed E-state index contributed by atoms with van der Waals surface area (Å²) in [5.41, 5.74) is 3.27. The Morgan fingerprint density at radius 2 is 1.92 bits per heavy atom. The van der Waals surface area contributed by atoms with Crippen LogP contribution in [-0.2, 0) is 4.79 Å². The third-order valence-corrected chi connectivity index (χ3v) is 4.61. The highest BCUT2D eigenvalue weighted by molar-refractivity contribution is 5.81. The molecule has 1 aliphatic rings. The monoisotopic (exact) mass is 339 g/mol. The average molecular weight is 339 g/mol. The minimum Gasteiger partial charge on any atom is -0.440 e. The fraction of sp³-hybridized carbons (Fsp3) is 0.263. The van der Waals surface area contributed by atoms with Gasteiger partial charge in [0.25, 0.3) is 0 Å². The lowest BCUT2D eigenvalue weighted by Gasteiger charge is -2.19. The molecule has 3 aromatic rings. The second kappa shape index (κ2) is 6.64. The van der Waals surface area contributed by atoms with Crippen LogP contribution in [0.5, 0.6) is 0 Å². The summed E-state index contributed by atoms with van der Waals surface area (Å²) in [7, 11) is 0. The highest BCUT2D eigenvalue weighted by Gasteiger charge is 2.20. The largest absolute Gasteiger partial charge is 0.440 e. The first-order valence-electron chi connectivity index (χ1n) is 8.36. The molecule has 5 nitrogen and oxygen atoms in total. The van der Waals surface area contributed by atoms with Gasteiger partial charge in [0.2, 0.25) is 6.41 Å². The van der Waals surface area contributed by atoms with Crippen molar-refractivity contribution in [3.8, 4) is 11.1 Å². The number of carbonyl (C=O) groups excluding carboxylic acids is 1. The van der Waals surface area contributed by atoms with Crippen molar-refractivity contribution >= 4 is 23.2 Å². The molecule has 1 fully saturated rings. The Morgan fingerprint density at radius 3 is 2.68 bits per heavy atom. The predicted molar refractivity (Wildman–Crippen MR) is 93.9 cm³/mol. The van der Waals surface area contributed by atoms with Gasteiger partial charge in [0.15, 0.2) is 11.5 Å². The van der Waals surface area contributed by atoms with Crippen LogP contribution in [-0.4, -0.2) is 24.5 Å². The maximum absolute atomic E-state index is 14.0. The summed E-state index contributed by atoms with van der Waals surface area (Å²) in [6.07, 6.45) is 2.51. The quantitative estimate of drug-likeness (QED) is 0.712. The molecule has 0 aliphatic carbocycles. The topological polar surface area (TPSA) is 67.2 Å². The van der Waals surface area contributed by atoms with E-state index in [1.807, 2.05) is 18.2 Å². The number of amides is 1. The second-order valence-corrected chi connectivity index (χ2v) is 6.22. The molecule has 2 aromatic carbocycles. The minimum absolute atomic E-state index is 0.162. The normalized spacial score (nSPS) is 15.4. The Kier molecular flexibility index (Phi) is 4.19. The van der Waals surface area contributed by atoms with E-state index in [9.17, 15) is 9.18 Å². The second-order valence-electron chi connectivity index (χ2n) is 6.22. The number of carbonyl (C=O) groups is 1. The van der Waals surface area contributed by atoms with Crippen LogP contribution in [0.15, 0.2) is 40.8 Å². The van der Waals surface area contributed by atoms with Crippen molar-refractivity contribution in [2.24, 2.45) is 0 Å². The molecule has 1 saturated heterocycles. The zero-order chi connectivity index (χ0) is 17.2. The first-order valence-corrected chi connectivity index (χ1v) is 8.36. The first-order chi connectivity index (χ1) is 12.2. The fourth-order valence-corrected chi connectivity index (χ4v) is 3.24. The van der Waals surface area contributed by atoms with Gasteiger partial charge >= 0.3 is 0 Å². The number of hydrogen-bond donors (Lipinski definition) is 2. The number of halogens is 1. The van der Waals surface area contributed by atoms with Gasteiger partial charge in [0.1, 0.15) is 11.3 Å². The van der Waals surface area contributed by atoms with Gasteiger partial charge in [-0.2, -0.15) is 0 Å². The Hall–Kier alpha value is -2.73. The predicted octanol–water partition coefficient (Wildman–Crippen LogP) is 3.67. The van der Waals surface area contributed by atoms with E-state index in [1.54, 1.807) is 12.1 Å². The summed E-state index contributed by atoms with van der Waals surface area (Å²) in [6.45, 7) is 1.96. The van der Waals surface area contributed by atoms with E-state index in [0.717, 1.165) is 54.0 Å². The summed E-state index contributed by atoms with van der Waals surface area (Å²) in [4.78, 5) is 15.1. The van der Waals surface area contributed by atoms with Crippen molar-refractivity contribution < 1.29 is 13.6 Å². The average Bonchev–Trinajstić information content (AvgIpc) is 3.07. The lowest BCUT2D eigenvalue weighted by molar-refractivity contribution is -0.105. The summed E-state index contributed by atoms with van der Waals surface area (Å²) >= 11 is 0. The molecule has 4 rings (SSSR count). The molecule has 1 aromatic heterocycles. The van der Waals surface area contributed by atoms with Crippen LogP contribution in [0.25, 0.3) is 22.2 Å². The molecule has 128 valence electrons. The summed E-state index contributed by atoms with van der Waals surface area (Å²) in [5, 5.41) is 5.67. The number of aromatic nitrogens is 1. The maximum atomic E-state index is 14.0. The number of rotatable bonds is 4. The number of anilines is 1. The highest BCUT2D eigenvalue weighted by Crippen LogP contribution is 2.31. The van der Waals surface area contributed by atoms with Crippen molar-refractivity contribution in [2.75, 3.05) is 18.4 Å². The molecule has 0 atom stereocenters. The van der Waals surface area contributed by atoms with Crippen LogP contribution in [0.2, 0.25) is 0 Å². The van der Waals surface area contributed by atoms with Crippen LogP contribution in [0.4, 0.5) is 10.1 Å². The Balaban J connectivity index is 1.66. The number of nitrogens with one attached hydrogen (secondary N) is 2. The van der Waals surface area contributed by atoms with E-state index >= 15 is 0 Å². The molecule has 2 N–H and O–H groups in total. The number of fused-ring (bicyclic) bond motifs is 1. The van der Waals surface area contributed by atoms with Crippen LogP contribution in [0.1, 0.15) is 24.7 Å². The lowest BCUT2D eigenvalue weighted by atomic mass is 9.98. The molecule has 0 bridgehead atoms. The number of benzene rings is 2. The van der Waals surface area contributed by atoms with Crippen LogP contribution in [0, 0.1) is 5.82 Å². The molecule has 1 amide bonds. The number of oxazole rings is 1. The van der Waals surface area contributed by atoms with E-state index < -0.39 is 5.82 Å². The number of piperidine rings is 1. The molecule has 0 spiro atoms. The van der Waals surface area contributed by atoms with E-state index in [-0.39, 0.29) is 5.69 Å². The van der Waals surface area contributed by atoms with Crippen LogP contribution in [0.3, 0.4) is 0 Å². The first kappa shape index (κ1) is 15.8. The SMILES string of the molecule is O=CNc1ccc(-c2ccc3oc(C4CCNCC4)nc3c2)cc1F. The van der Waals surface area contributed by atoms with E-state index in [2.05, 4.69) is 15.6 Å². The molecule has 6 heteroatoms. The van der Waals surface area contributed by atoms with Gasteiger partial charge in [-0.15, -0.1) is 0 Å². The van der Waals surface area contributed by atoms with Crippen LogP contribution < -0.4 is 10.6 Å².